The number of benzene rings is 1. The second kappa shape index (κ2) is 6.71. The molecule has 0 amide bonds. The van der Waals surface area contributed by atoms with Crippen LogP contribution in [-0.4, -0.2) is 20.3 Å². The van der Waals surface area contributed by atoms with Crippen LogP contribution in [0.1, 0.15) is 23.7 Å². The molecule has 0 fully saturated rings. The van der Waals surface area contributed by atoms with Crippen LogP contribution in [0.25, 0.3) is 22.4 Å². The lowest BCUT2D eigenvalue weighted by Gasteiger charge is -2.07. The van der Waals surface area contributed by atoms with E-state index in [4.69, 9.17) is 13.7 Å². The molecule has 0 N–H and O–H groups in total. The minimum Gasteiger partial charge on any atom is -0.487 e. The third-order valence-electron chi connectivity index (χ3n) is 3.79. The molecule has 4 rings (SSSR count). The first kappa shape index (κ1) is 17.0. The van der Waals surface area contributed by atoms with Crippen molar-refractivity contribution in [3.63, 3.8) is 0 Å². The smallest absolute Gasteiger partial charge is 0.314 e. The van der Waals surface area contributed by atoms with Crippen LogP contribution in [0.4, 0.5) is 13.2 Å². The summed E-state index contributed by atoms with van der Waals surface area (Å²) in [6, 6.07) is 6.21. The summed E-state index contributed by atoms with van der Waals surface area (Å²) in [6.45, 7) is 1.68. The highest BCUT2D eigenvalue weighted by molar-refractivity contribution is 5.80. The number of hydrogen-bond donors (Lipinski definition) is 0. The predicted molar refractivity (Wildman–Crippen MR) is 85.5 cm³/mol. The van der Waals surface area contributed by atoms with Crippen molar-refractivity contribution in [1.82, 2.24) is 20.3 Å². The third kappa shape index (κ3) is 3.33. The number of halogens is 3. The molecule has 4 aromatic rings. The quantitative estimate of drug-likeness (QED) is 0.515. The predicted octanol–water partition coefficient (Wildman–Crippen LogP) is 4.24. The van der Waals surface area contributed by atoms with Crippen LogP contribution < -0.4 is 4.74 Å². The summed E-state index contributed by atoms with van der Waals surface area (Å²) in [7, 11) is 0. The largest absolute Gasteiger partial charge is 0.487 e. The first-order valence-corrected chi connectivity index (χ1v) is 7.76. The van der Waals surface area contributed by atoms with E-state index >= 15 is 0 Å². The highest BCUT2D eigenvalue weighted by Crippen LogP contribution is 2.26. The van der Waals surface area contributed by atoms with Crippen LogP contribution in [0.3, 0.4) is 0 Å². The molecule has 0 saturated heterocycles. The van der Waals surface area contributed by atoms with Gasteiger partial charge in [-0.15, -0.1) is 10.2 Å². The van der Waals surface area contributed by atoms with E-state index < -0.39 is 18.1 Å². The van der Waals surface area contributed by atoms with E-state index in [1.807, 2.05) is 6.92 Å². The van der Waals surface area contributed by atoms with Crippen molar-refractivity contribution in [2.24, 2.45) is 0 Å². The normalized spacial score (nSPS) is 11.4. The summed E-state index contributed by atoms with van der Waals surface area (Å²) in [5, 5.41) is 11.4. The van der Waals surface area contributed by atoms with Crippen molar-refractivity contribution in [1.29, 1.82) is 0 Å². The zero-order valence-electron chi connectivity index (χ0n) is 13.8. The van der Waals surface area contributed by atoms with Crippen LogP contribution in [0.2, 0.25) is 0 Å². The first-order chi connectivity index (χ1) is 13.0. The highest BCUT2D eigenvalue weighted by atomic mass is 19.3. The minimum atomic E-state index is -2.90. The molecular weight excluding hydrogens is 365 g/mol. The Morgan fingerprint density at radius 2 is 2.04 bits per heavy atom. The van der Waals surface area contributed by atoms with Gasteiger partial charge in [0.1, 0.15) is 23.9 Å². The molecule has 0 spiro atoms. The van der Waals surface area contributed by atoms with Gasteiger partial charge in [-0.1, -0.05) is 5.16 Å². The Morgan fingerprint density at radius 3 is 2.78 bits per heavy atom. The van der Waals surface area contributed by atoms with Crippen LogP contribution in [0.5, 0.6) is 5.75 Å². The number of aromatic nitrogens is 4. The average Bonchev–Trinajstić information content (AvgIpc) is 3.28. The molecule has 0 aliphatic heterocycles. The maximum Gasteiger partial charge on any atom is 0.314 e. The van der Waals surface area contributed by atoms with Gasteiger partial charge in [0.2, 0.25) is 5.89 Å². The maximum absolute atomic E-state index is 14.3. The van der Waals surface area contributed by atoms with Gasteiger partial charge in [0.15, 0.2) is 5.58 Å². The van der Waals surface area contributed by atoms with Gasteiger partial charge in [0.25, 0.3) is 5.89 Å². The van der Waals surface area contributed by atoms with E-state index in [0.717, 1.165) is 17.1 Å². The second-order valence-electron chi connectivity index (χ2n) is 5.61. The molecular formula is C17H11F3N4O3. The van der Waals surface area contributed by atoms with Gasteiger partial charge in [0.05, 0.1) is 11.3 Å². The number of nitrogens with zero attached hydrogens (tertiary/aromatic N) is 4. The van der Waals surface area contributed by atoms with E-state index in [1.54, 1.807) is 18.2 Å². The zero-order chi connectivity index (χ0) is 19.0. The first-order valence-electron chi connectivity index (χ1n) is 7.76. The number of aryl methyl sites for hydroxylation is 1. The molecule has 0 bridgehead atoms. The molecule has 10 heteroatoms. The molecule has 27 heavy (non-hydrogen) atoms. The van der Waals surface area contributed by atoms with Gasteiger partial charge >= 0.3 is 6.43 Å². The van der Waals surface area contributed by atoms with Gasteiger partial charge in [-0.2, -0.15) is 8.78 Å². The monoisotopic (exact) mass is 376 g/mol. The molecule has 0 unspecified atom stereocenters. The fourth-order valence-corrected chi connectivity index (χ4v) is 2.41. The summed E-state index contributed by atoms with van der Waals surface area (Å²) in [6.07, 6.45) is -1.66. The average molecular weight is 376 g/mol. The van der Waals surface area contributed by atoms with E-state index in [1.165, 1.54) is 6.20 Å². The molecule has 7 nitrogen and oxygen atoms in total. The van der Waals surface area contributed by atoms with Crippen LogP contribution >= 0.6 is 0 Å². The summed E-state index contributed by atoms with van der Waals surface area (Å²) in [4.78, 5) is 3.94. The Hall–Kier alpha value is -3.43. The molecule has 0 atom stereocenters. The second-order valence-corrected chi connectivity index (χ2v) is 5.61. The van der Waals surface area contributed by atoms with Crippen LogP contribution in [0.15, 0.2) is 39.4 Å². The van der Waals surface area contributed by atoms with Crippen LogP contribution in [0, 0.1) is 12.7 Å². The molecule has 0 aliphatic carbocycles. The van der Waals surface area contributed by atoms with Gasteiger partial charge in [-0.05, 0) is 25.1 Å². The van der Waals surface area contributed by atoms with Gasteiger partial charge < -0.3 is 13.7 Å². The number of fused-ring (bicyclic) bond motifs is 1. The molecule has 0 aliphatic rings. The summed E-state index contributed by atoms with van der Waals surface area (Å²) in [5.41, 5.74) is 1.44. The van der Waals surface area contributed by atoms with E-state index in [0.29, 0.717) is 11.3 Å². The van der Waals surface area contributed by atoms with Gasteiger partial charge in [-0.3, -0.25) is 4.98 Å². The molecule has 0 radical (unpaired) electrons. The highest BCUT2D eigenvalue weighted by Gasteiger charge is 2.18. The molecule has 3 heterocycles. The maximum atomic E-state index is 14.3. The van der Waals surface area contributed by atoms with Crippen molar-refractivity contribution < 1.29 is 26.8 Å². The number of rotatable bonds is 5. The Kier molecular flexibility index (Phi) is 4.22. The zero-order valence-corrected chi connectivity index (χ0v) is 13.8. The lowest BCUT2D eigenvalue weighted by Crippen LogP contribution is -2.02. The topological polar surface area (TPSA) is 87.1 Å². The number of ether oxygens (including phenoxy) is 1. The van der Waals surface area contributed by atoms with Crippen molar-refractivity contribution in [2.45, 2.75) is 20.0 Å². The van der Waals surface area contributed by atoms with Gasteiger partial charge in [0, 0.05) is 17.6 Å². The molecule has 1 aromatic carbocycles. The SMILES string of the molecule is Cc1noc2cc(OCc3ncc(-c4nnc(C(F)F)o4)cc3F)ccc12. The van der Waals surface area contributed by atoms with Gasteiger partial charge in [-0.25, -0.2) is 4.39 Å². The number of alkyl halides is 2. The molecule has 3 aromatic heterocycles. The third-order valence-corrected chi connectivity index (χ3v) is 3.79. The Balaban J connectivity index is 1.50. The van der Waals surface area contributed by atoms with Crippen molar-refractivity contribution in [3.8, 4) is 17.2 Å². The fraction of sp³-hybridized carbons (Fsp3) is 0.176. The Labute approximate surface area is 149 Å². The molecule has 138 valence electrons. The summed E-state index contributed by atoms with van der Waals surface area (Å²) < 4.78 is 54.7. The lowest BCUT2D eigenvalue weighted by molar-refractivity contribution is 0.116. The molecule has 0 saturated carbocycles. The standard InChI is InChI=1S/C17H11F3N4O3/c1-8-11-3-2-10(5-14(11)27-24-8)25-7-13-12(18)4-9(6-21-13)16-22-23-17(26-16)15(19)20/h2-6,15H,7H2,1H3. The minimum absolute atomic E-state index is 0.0289. The van der Waals surface area contributed by atoms with Crippen molar-refractivity contribution >= 4 is 11.0 Å². The van der Waals surface area contributed by atoms with E-state index in [2.05, 4.69) is 20.3 Å². The fourth-order valence-electron chi connectivity index (χ4n) is 2.41. The van der Waals surface area contributed by atoms with E-state index in [-0.39, 0.29) is 23.8 Å². The van der Waals surface area contributed by atoms with E-state index in [9.17, 15) is 13.2 Å². The number of pyridine rings is 1. The number of hydrogen-bond acceptors (Lipinski definition) is 7. The Morgan fingerprint density at radius 1 is 1.19 bits per heavy atom. The van der Waals surface area contributed by atoms with Crippen molar-refractivity contribution in [3.05, 3.63) is 53.6 Å². The summed E-state index contributed by atoms with van der Waals surface area (Å²) >= 11 is 0. The Bertz CT molecular complexity index is 1110. The van der Waals surface area contributed by atoms with Crippen LogP contribution in [-0.2, 0) is 6.61 Å². The van der Waals surface area contributed by atoms with Crippen molar-refractivity contribution in [2.75, 3.05) is 0 Å². The lowest BCUT2D eigenvalue weighted by atomic mass is 10.2. The summed E-state index contributed by atoms with van der Waals surface area (Å²) in [5.74, 6) is -1.31.